The van der Waals surface area contributed by atoms with Crippen LogP contribution in [-0.2, 0) is 30.4 Å². The smallest absolute Gasteiger partial charge is 0.322 e. The van der Waals surface area contributed by atoms with Gasteiger partial charge in [-0.25, -0.2) is 0 Å². The van der Waals surface area contributed by atoms with Crippen LogP contribution in [0.25, 0.3) is 0 Å². The van der Waals surface area contributed by atoms with Gasteiger partial charge in [0.25, 0.3) is 0 Å². The number of carbonyl (C=O) groups excluding carboxylic acids is 2. The van der Waals surface area contributed by atoms with Crippen LogP contribution in [0.1, 0.15) is 31.7 Å². The summed E-state index contributed by atoms with van der Waals surface area (Å²) in [5.74, 6) is -2.13. The van der Waals surface area contributed by atoms with Crippen LogP contribution >= 0.6 is 0 Å². The Balaban J connectivity index is 1.76. The van der Waals surface area contributed by atoms with E-state index in [0.717, 1.165) is 18.4 Å². The molecule has 0 spiro atoms. The monoisotopic (exact) mass is 292 g/mol. The van der Waals surface area contributed by atoms with Gasteiger partial charge in [0.2, 0.25) is 6.29 Å². The highest BCUT2D eigenvalue weighted by atomic mass is 16.7. The molecule has 1 aliphatic heterocycles. The quantitative estimate of drug-likeness (QED) is 0.616. The van der Waals surface area contributed by atoms with Crippen LogP contribution < -0.4 is 0 Å². The van der Waals surface area contributed by atoms with E-state index in [2.05, 4.69) is 0 Å². The van der Waals surface area contributed by atoms with Crippen molar-refractivity contribution in [3.05, 3.63) is 35.9 Å². The van der Waals surface area contributed by atoms with Gasteiger partial charge in [-0.15, -0.1) is 0 Å². The molecular formula is C16H20O5. The number of benzene rings is 1. The van der Waals surface area contributed by atoms with E-state index >= 15 is 0 Å². The van der Waals surface area contributed by atoms with Crippen LogP contribution in [0.3, 0.4) is 0 Å². The molecule has 2 unspecified atom stereocenters. The van der Waals surface area contributed by atoms with Crippen molar-refractivity contribution in [2.24, 2.45) is 5.92 Å². The van der Waals surface area contributed by atoms with Crippen LogP contribution in [0.15, 0.2) is 30.3 Å². The Bertz CT molecular complexity index is 465. The average Bonchev–Trinajstić information content (AvgIpc) is 2.53. The van der Waals surface area contributed by atoms with Crippen molar-refractivity contribution in [2.45, 2.75) is 39.1 Å². The van der Waals surface area contributed by atoms with E-state index < -0.39 is 24.1 Å². The zero-order chi connectivity index (χ0) is 15.1. The zero-order valence-electron chi connectivity index (χ0n) is 12.1. The molecule has 21 heavy (non-hydrogen) atoms. The van der Waals surface area contributed by atoms with Crippen molar-refractivity contribution in [2.75, 3.05) is 6.61 Å². The van der Waals surface area contributed by atoms with E-state index in [1.54, 1.807) is 0 Å². The highest BCUT2D eigenvalue weighted by Crippen LogP contribution is 2.16. The Hall–Kier alpha value is -1.88. The third-order valence-electron chi connectivity index (χ3n) is 3.32. The van der Waals surface area contributed by atoms with Crippen molar-refractivity contribution >= 4 is 11.9 Å². The molecule has 1 saturated heterocycles. The first-order valence-electron chi connectivity index (χ1n) is 7.19. The van der Waals surface area contributed by atoms with E-state index in [9.17, 15) is 9.59 Å². The lowest BCUT2D eigenvalue weighted by Gasteiger charge is -2.23. The fourth-order valence-electron chi connectivity index (χ4n) is 1.99. The SMILES string of the molecule is CC(C(=O)OCc1ccccc1)C(=O)OC1CCCCO1. The third kappa shape index (κ3) is 4.86. The lowest BCUT2D eigenvalue weighted by Crippen LogP contribution is -2.31. The van der Waals surface area contributed by atoms with Gasteiger partial charge in [-0.1, -0.05) is 30.3 Å². The van der Waals surface area contributed by atoms with Crippen LogP contribution in [-0.4, -0.2) is 24.8 Å². The average molecular weight is 292 g/mol. The number of esters is 2. The molecule has 0 aliphatic carbocycles. The van der Waals surface area contributed by atoms with Gasteiger partial charge in [-0.05, 0) is 25.3 Å². The fraction of sp³-hybridized carbons (Fsp3) is 0.500. The number of hydrogen-bond donors (Lipinski definition) is 0. The molecule has 5 nitrogen and oxygen atoms in total. The fourth-order valence-corrected chi connectivity index (χ4v) is 1.99. The van der Waals surface area contributed by atoms with Crippen molar-refractivity contribution in [3.8, 4) is 0 Å². The largest absolute Gasteiger partial charge is 0.460 e. The van der Waals surface area contributed by atoms with Gasteiger partial charge in [0.1, 0.15) is 6.61 Å². The molecule has 0 bridgehead atoms. The van der Waals surface area contributed by atoms with Crippen LogP contribution in [0.5, 0.6) is 0 Å². The van der Waals surface area contributed by atoms with Crippen molar-refractivity contribution in [1.29, 1.82) is 0 Å². The molecule has 2 rings (SSSR count). The van der Waals surface area contributed by atoms with Crippen LogP contribution in [0.2, 0.25) is 0 Å². The highest BCUT2D eigenvalue weighted by molar-refractivity contribution is 5.94. The van der Waals surface area contributed by atoms with Gasteiger partial charge >= 0.3 is 11.9 Å². The molecule has 114 valence electrons. The molecule has 0 aromatic heterocycles. The minimum absolute atomic E-state index is 0.150. The Morgan fingerprint density at radius 1 is 1.24 bits per heavy atom. The summed E-state index contributed by atoms with van der Waals surface area (Å²) in [6, 6.07) is 9.32. The highest BCUT2D eigenvalue weighted by Gasteiger charge is 2.28. The lowest BCUT2D eigenvalue weighted by molar-refractivity contribution is -0.193. The summed E-state index contributed by atoms with van der Waals surface area (Å²) in [4.78, 5) is 23.7. The Morgan fingerprint density at radius 3 is 2.67 bits per heavy atom. The summed E-state index contributed by atoms with van der Waals surface area (Å²) in [6.07, 6.45) is 2.08. The summed E-state index contributed by atoms with van der Waals surface area (Å²) in [6.45, 7) is 2.22. The third-order valence-corrected chi connectivity index (χ3v) is 3.32. The summed E-state index contributed by atoms with van der Waals surface area (Å²) < 4.78 is 15.6. The maximum atomic E-state index is 11.9. The van der Waals surface area contributed by atoms with Crippen molar-refractivity contribution < 1.29 is 23.8 Å². The van der Waals surface area contributed by atoms with Gasteiger partial charge in [0, 0.05) is 6.42 Å². The second kappa shape index (κ2) is 7.78. The van der Waals surface area contributed by atoms with Gasteiger partial charge in [0.15, 0.2) is 5.92 Å². The van der Waals surface area contributed by atoms with Crippen molar-refractivity contribution in [1.82, 2.24) is 0 Å². The van der Waals surface area contributed by atoms with Crippen molar-refractivity contribution in [3.63, 3.8) is 0 Å². The van der Waals surface area contributed by atoms with Gasteiger partial charge in [-0.3, -0.25) is 9.59 Å². The summed E-state index contributed by atoms with van der Waals surface area (Å²) >= 11 is 0. The molecule has 0 saturated carbocycles. The van der Waals surface area contributed by atoms with Crippen LogP contribution in [0, 0.1) is 5.92 Å². The predicted molar refractivity (Wildman–Crippen MR) is 75.1 cm³/mol. The van der Waals surface area contributed by atoms with E-state index in [-0.39, 0.29) is 6.61 Å². The Kier molecular flexibility index (Phi) is 5.75. The molecule has 1 aliphatic rings. The normalized spacial score (nSPS) is 19.6. The second-order valence-electron chi connectivity index (χ2n) is 5.05. The second-order valence-corrected chi connectivity index (χ2v) is 5.05. The first-order chi connectivity index (χ1) is 10.2. The van der Waals surface area contributed by atoms with Crippen LogP contribution in [0.4, 0.5) is 0 Å². The van der Waals surface area contributed by atoms with E-state index in [1.807, 2.05) is 30.3 Å². The molecule has 0 radical (unpaired) electrons. The van der Waals surface area contributed by atoms with Gasteiger partial charge < -0.3 is 14.2 Å². The predicted octanol–water partition coefficient (Wildman–Crippen LogP) is 2.44. The van der Waals surface area contributed by atoms with E-state index in [0.29, 0.717) is 13.0 Å². The molecule has 0 amide bonds. The Labute approximate surface area is 124 Å². The van der Waals surface area contributed by atoms with E-state index in [4.69, 9.17) is 14.2 Å². The summed E-state index contributed by atoms with van der Waals surface area (Å²) in [5.41, 5.74) is 0.877. The topological polar surface area (TPSA) is 61.8 Å². The molecule has 5 heteroatoms. The zero-order valence-corrected chi connectivity index (χ0v) is 12.1. The summed E-state index contributed by atoms with van der Waals surface area (Å²) in [7, 11) is 0. The maximum Gasteiger partial charge on any atom is 0.322 e. The first-order valence-corrected chi connectivity index (χ1v) is 7.19. The molecule has 2 atom stereocenters. The first kappa shape index (κ1) is 15.5. The Morgan fingerprint density at radius 2 is 2.00 bits per heavy atom. The minimum atomic E-state index is -0.945. The van der Waals surface area contributed by atoms with Gasteiger partial charge in [-0.2, -0.15) is 0 Å². The molecule has 1 fully saturated rings. The van der Waals surface area contributed by atoms with Gasteiger partial charge in [0.05, 0.1) is 6.61 Å². The standard InChI is InChI=1S/C16H20O5/c1-12(16(18)21-14-9-5-6-10-19-14)15(17)20-11-13-7-3-2-4-8-13/h2-4,7-8,12,14H,5-6,9-11H2,1H3. The molecule has 1 heterocycles. The molecule has 1 aromatic rings. The maximum absolute atomic E-state index is 11.9. The number of rotatable bonds is 5. The number of ether oxygens (including phenoxy) is 3. The number of hydrogen-bond acceptors (Lipinski definition) is 5. The minimum Gasteiger partial charge on any atom is -0.460 e. The molecule has 1 aromatic carbocycles. The lowest BCUT2D eigenvalue weighted by atomic mass is 10.2. The molecule has 0 N–H and O–H groups in total. The number of carbonyl (C=O) groups is 2. The summed E-state index contributed by atoms with van der Waals surface area (Å²) in [5, 5.41) is 0. The molecular weight excluding hydrogens is 272 g/mol. The van der Waals surface area contributed by atoms with E-state index in [1.165, 1.54) is 6.92 Å².